The molecule has 1 saturated heterocycles. The van der Waals surface area contributed by atoms with Crippen molar-refractivity contribution in [3.63, 3.8) is 0 Å². The number of guanidine groups is 1. The Labute approximate surface area is 154 Å². The van der Waals surface area contributed by atoms with Gasteiger partial charge in [-0.05, 0) is 19.8 Å². The molecule has 0 spiro atoms. The second-order valence-corrected chi connectivity index (χ2v) is 7.50. The van der Waals surface area contributed by atoms with Gasteiger partial charge in [0, 0.05) is 63.1 Å². The largest absolute Gasteiger partial charge is 0.393 e. The number of aromatic nitrogens is 2. The van der Waals surface area contributed by atoms with Crippen molar-refractivity contribution in [1.29, 1.82) is 0 Å². The first-order chi connectivity index (χ1) is 12.2. The smallest absolute Gasteiger partial charge is 0.205 e. The summed E-state index contributed by atoms with van der Waals surface area (Å²) in [6, 6.07) is 0. The number of piperazine rings is 1. The fourth-order valence-corrected chi connectivity index (χ4v) is 4.29. The number of hydrogen-bond donors (Lipinski definition) is 2. The Morgan fingerprint density at radius 1 is 1.28 bits per heavy atom. The van der Waals surface area contributed by atoms with Crippen molar-refractivity contribution in [2.24, 2.45) is 10.9 Å². The lowest BCUT2D eigenvalue weighted by Gasteiger charge is -2.36. The highest BCUT2D eigenvalue weighted by Gasteiger charge is 2.26. The Bertz CT molecular complexity index is 569. The third-order valence-electron chi connectivity index (χ3n) is 5.05. The summed E-state index contributed by atoms with van der Waals surface area (Å²) in [5, 5.41) is 14.4. The zero-order chi connectivity index (χ0) is 17.6. The second kappa shape index (κ2) is 8.80. The normalized spacial score (nSPS) is 24.8. The van der Waals surface area contributed by atoms with Crippen LogP contribution in [0.5, 0.6) is 0 Å². The molecule has 1 aromatic heterocycles. The van der Waals surface area contributed by atoms with Gasteiger partial charge in [-0.2, -0.15) is 4.37 Å². The number of nitrogens with one attached hydrogen (secondary N) is 1. The number of aliphatic hydroxyl groups is 1. The summed E-state index contributed by atoms with van der Waals surface area (Å²) >= 11 is 1.50. The van der Waals surface area contributed by atoms with Gasteiger partial charge < -0.3 is 20.2 Å². The predicted molar refractivity (Wildman–Crippen MR) is 102 cm³/mol. The number of aliphatic imine (C=N–C) groups is 1. The van der Waals surface area contributed by atoms with Crippen LogP contribution in [0.2, 0.25) is 0 Å². The first-order valence-corrected chi connectivity index (χ1v) is 10.3. The van der Waals surface area contributed by atoms with Crippen molar-refractivity contribution in [1.82, 2.24) is 19.6 Å². The minimum Gasteiger partial charge on any atom is -0.393 e. The molecule has 25 heavy (non-hydrogen) atoms. The van der Waals surface area contributed by atoms with E-state index in [1.54, 1.807) is 0 Å². The zero-order valence-electron chi connectivity index (χ0n) is 15.3. The van der Waals surface area contributed by atoms with Crippen LogP contribution in [0.1, 0.15) is 38.9 Å². The third-order valence-corrected chi connectivity index (χ3v) is 5.87. The maximum absolute atomic E-state index is 10.0. The highest BCUT2D eigenvalue weighted by Crippen LogP contribution is 2.25. The molecule has 2 aliphatic rings. The van der Waals surface area contributed by atoms with Gasteiger partial charge in [-0.25, -0.2) is 4.98 Å². The van der Waals surface area contributed by atoms with Gasteiger partial charge >= 0.3 is 0 Å². The lowest BCUT2D eigenvalue weighted by molar-refractivity contribution is 0.136. The van der Waals surface area contributed by atoms with Crippen LogP contribution in [0.3, 0.4) is 0 Å². The van der Waals surface area contributed by atoms with Crippen LogP contribution in [-0.4, -0.2) is 70.7 Å². The summed E-state index contributed by atoms with van der Waals surface area (Å²) in [6.45, 7) is 9.51. The molecule has 2 unspecified atom stereocenters. The monoisotopic (exact) mass is 366 g/mol. The predicted octanol–water partition coefficient (Wildman–Crippen LogP) is 1.35. The standard InChI is InChI=1S/C17H30N6OS/c1-3-15-20-17(25-21-15)23-10-8-22(9-11-23)16(18-4-2)19-12-13-6-5-7-14(13)24/h13-14,24H,3-12H2,1-2H3,(H,18,19). The molecule has 1 aliphatic carbocycles. The van der Waals surface area contributed by atoms with E-state index in [1.165, 1.54) is 11.5 Å². The van der Waals surface area contributed by atoms with Gasteiger partial charge in [-0.3, -0.25) is 4.99 Å². The van der Waals surface area contributed by atoms with Gasteiger partial charge in [-0.1, -0.05) is 13.3 Å². The first-order valence-electron chi connectivity index (χ1n) is 9.50. The lowest BCUT2D eigenvalue weighted by Crippen LogP contribution is -2.52. The average Bonchev–Trinajstić information content (AvgIpc) is 3.28. The van der Waals surface area contributed by atoms with Crippen LogP contribution < -0.4 is 10.2 Å². The summed E-state index contributed by atoms with van der Waals surface area (Å²) in [5.41, 5.74) is 0. The zero-order valence-corrected chi connectivity index (χ0v) is 16.1. The maximum Gasteiger partial charge on any atom is 0.205 e. The van der Waals surface area contributed by atoms with Crippen molar-refractivity contribution in [3.05, 3.63) is 5.82 Å². The Kier molecular flexibility index (Phi) is 6.47. The molecular weight excluding hydrogens is 336 g/mol. The van der Waals surface area contributed by atoms with Crippen LogP contribution in [0.4, 0.5) is 5.13 Å². The minimum absolute atomic E-state index is 0.173. The molecular formula is C17H30N6OS. The summed E-state index contributed by atoms with van der Waals surface area (Å²) < 4.78 is 4.39. The Balaban J connectivity index is 1.56. The SMILES string of the molecule is CCNC(=NCC1CCCC1O)N1CCN(c2nc(CC)ns2)CC1. The van der Waals surface area contributed by atoms with E-state index in [0.29, 0.717) is 5.92 Å². The van der Waals surface area contributed by atoms with Crippen molar-refractivity contribution >= 4 is 22.6 Å². The Morgan fingerprint density at radius 3 is 2.68 bits per heavy atom. The molecule has 1 saturated carbocycles. The van der Waals surface area contributed by atoms with Crippen LogP contribution in [0.15, 0.2) is 4.99 Å². The molecule has 0 aromatic carbocycles. The van der Waals surface area contributed by atoms with Crippen LogP contribution in [-0.2, 0) is 6.42 Å². The van der Waals surface area contributed by atoms with Crippen LogP contribution in [0, 0.1) is 5.92 Å². The Morgan fingerprint density at radius 2 is 2.08 bits per heavy atom. The molecule has 2 N–H and O–H groups in total. The molecule has 2 fully saturated rings. The van der Waals surface area contributed by atoms with Crippen molar-refractivity contribution in [3.8, 4) is 0 Å². The molecule has 3 rings (SSSR count). The molecule has 8 heteroatoms. The van der Waals surface area contributed by atoms with E-state index in [1.807, 2.05) is 0 Å². The molecule has 2 atom stereocenters. The topological polar surface area (TPSA) is 76.9 Å². The molecule has 0 amide bonds. The number of nitrogens with zero attached hydrogens (tertiary/aromatic N) is 5. The van der Waals surface area contributed by atoms with E-state index in [0.717, 1.165) is 81.9 Å². The molecule has 7 nitrogen and oxygen atoms in total. The summed E-state index contributed by atoms with van der Waals surface area (Å²) in [7, 11) is 0. The number of aliphatic hydroxyl groups excluding tert-OH is 1. The van der Waals surface area contributed by atoms with Gasteiger partial charge in [-0.15, -0.1) is 0 Å². The number of anilines is 1. The van der Waals surface area contributed by atoms with E-state index >= 15 is 0 Å². The van der Waals surface area contributed by atoms with Crippen LogP contribution in [0.25, 0.3) is 0 Å². The molecule has 2 heterocycles. The van der Waals surface area contributed by atoms with E-state index in [2.05, 4.69) is 38.3 Å². The molecule has 1 aliphatic heterocycles. The fourth-order valence-electron chi connectivity index (χ4n) is 3.49. The van der Waals surface area contributed by atoms with Crippen molar-refractivity contribution in [2.75, 3.05) is 44.2 Å². The molecule has 0 bridgehead atoms. The van der Waals surface area contributed by atoms with Crippen LogP contribution >= 0.6 is 11.5 Å². The molecule has 1 aromatic rings. The van der Waals surface area contributed by atoms with Gasteiger partial charge in [0.15, 0.2) is 5.96 Å². The summed E-state index contributed by atoms with van der Waals surface area (Å²) in [5.74, 6) is 2.24. The minimum atomic E-state index is -0.173. The average molecular weight is 367 g/mol. The van der Waals surface area contributed by atoms with Crippen molar-refractivity contribution in [2.45, 2.75) is 45.6 Å². The second-order valence-electron chi connectivity index (χ2n) is 6.77. The Hall–Kier alpha value is -1.41. The number of hydrogen-bond acceptors (Lipinski definition) is 6. The third kappa shape index (κ3) is 4.61. The van der Waals surface area contributed by atoms with E-state index in [4.69, 9.17) is 4.99 Å². The maximum atomic E-state index is 10.0. The summed E-state index contributed by atoms with van der Waals surface area (Å²) in [6.07, 6.45) is 3.86. The summed E-state index contributed by atoms with van der Waals surface area (Å²) in [4.78, 5) is 14.0. The number of aryl methyl sites for hydroxylation is 1. The van der Waals surface area contributed by atoms with Gasteiger partial charge in [0.1, 0.15) is 5.82 Å². The van der Waals surface area contributed by atoms with E-state index in [-0.39, 0.29) is 6.10 Å². The van der Waals surface area contributed by atoms with Gasteiger partial charge in [0.2, 0.25) is 5.13 Å². The highest BCUT2D eigenvalue weighted by atomic mass is 32.1. The van der Waals surface area contributed by atoms with Gasteiger partial charge in [0.05, 0.1) is 6.10 Å². The molecule has 140 valence electrons. The number of rotatable bonds is 5. The van der Waals surface area contributed by atoms with Crippen molar-refractivity contribution < 1.29 is 5.11 Å². The quantitative estimate of drug-likeness (QED) is 0.605. The molecule has 0 radical (unpaired) electrons. The fraction of sp³-hybridized carbons (Fsp3) is 0.824. The first kappa shape index (κ1) is 18.4. The van der Waals surface area contributed by atoms with E-state index in [9.17, 15) is 5.11 Å². The van der Waals surface area contributed by atoms with E-state index < -0.39 is 0 Å². The highest BCUT2D eigenvalue weighted by molar-refractivity contribution is 7.09. The van der Waals surface area contributed by atoms with Gasteiger partial charge in [0.25, 0.3) is 0 Å². The lowest BCUT2D eigenvalue weighted by atomic mass is 10.1.